The summed E-state index contributed by atoms with van der Waals surface area (Å²) in [6, 6.07) is 4.62. The first-order valence-electron chi connectivity index (χ1n) is 6.30. The second-order valence-electron chi connectivity index (χ2n) is 5.14. The van der Waals surface area contributed by atoms with Crippen LogP contribution in [0, 0.1) is 18.7 Å². The summed E-state index contributed by atoms with van der Waals surface area (Å²) in [7, 11) is 0. The summed E-state index contributed by atoms with van der Waals surface area (Å²) in [6.07, 6.45) is 0.904. The number of carbonyl (C=O) groups is 1. The topological polar surface area (TPSA) is 46.3 Å². The van der Waals surface area contributed by atoms with Gasteiger partial charge < -0.3 is 10.6 Å². The summed E-state index contributed by atoms with van der Waals surface area (Å²) in [4.78, 5) is 13.9. The molecule has 1 saturated heterocycles. The third-order valence-corrected chi connectivity index (χ3v) is 3.72. The van der Waals surface area contributed by atoms with Crippen molar-refractivity contribution in [3.05, 3.63) is 35.1 Å². The maximum absolute atomic E-state index is 13.5. The molecule has 0 radical (unpaired) electrons. The van der Waals surface area contributed by atoms with Crippen LogP contribution in [0.1, 0.15) is 29.3 Å². The summed E-state index contributed by atoms with van der Waals surface area (Å²) in [5.74, 6) is -0.0319. The van der Waals surface area contributed by atoms with Crippen molar-refractivity contribution in [2.45, 2.75) is 26.3 Å². The van der Waals surface area contributed by atoms with Gasteiger partial charge in [-0.3, -0.25) is 4.79 Å². The smallest absolute Gasteiger partial charge is 0.254 e. The minimum atomic E-state index is -0.337. The molecule has 0 aliphatic carbocycles. The van der Waals surface area contributed by atoms with E-state index < -0.39 is 0 Å². The van der Waals surface area contributed by atoms with Gasteiger partial charge in [0.25, 0.3) is 5.91 Å². The number of amides is 1. The predicted octanol–water partition coefficient (Wildman–Crippen LogP) is 1.94. The predicted molar refractivity (Wildman–Crippen MR) is 68.8 cm³/mol. The number of benzene rings is 1. The normalized spacial score (nSPS) is 24.1. The summed E-state index contributed by atoms with van der Waals surface area (Å²) >= 11 is 0. The van der Waals surface area contributed by atoms with Crippen LogP contribution in [-0.2, 0) is 0 Å². The minimum Gasteiger partial charge on any atom is -0.337 e. The number of halogens is 1. The molecule has 0 aromatic heterocycles. The first-order chi connectivity index (χ1) is 8.49. The summed E-state index contributed by atoms with van der Waals surface area (Å²) < 4.78 is 13.5. The lowest BCUT2D eigenvalue weighted by molar-refractivity contribution is 0.0672. The Kier molecular flexibility index (Phi) is 3.66. The summed E-state index contributed by atoms with van der Waals surface area (Å²) in [6.45, 7) is 5.03. The molecule has 2 unspecified atom stereocenters. The zero-order valence-corrected chi connectivity index (χ0v) is 10.8. The molecule has 0 bridgehead atoms. The standard InChI is InChI=1S/C14H19FN2O/c1-9-3-4-11(7-12(9)15)14(18)17-6-5-10(2)13(16)8-17/h3-4,7,10,13H,5-6,8,16H2,1-2H3. The molecule has 1 fully saturated rings. The lowest BCUT2D eigenvalue weighted by Crippen LogP contribution is -2.49. The largest absolute Gasteiger partial charge is 0.337 e. The monoisotopic (exact) mass is 250 g/mol. The van der Waals surface area contributed by atoms with E-state index in [9.17, 15) is 9.18 Å². The zero-order chi connectivity index (χ0) is 13.3. The Morgan fingerprint density at radius 2 is 2.22 bits per heavy atom. The average molecular weight is 250 g/mol. The highest BCUT2D eigenvalue weighted by Gasteiger charge is 2.27. The van der Waals surface area contributed by atoms with Gasteiger partial charge in [0.05, 0.1) is 0 Å². The van der Waals surface area contributed by atoms with E-state index in [2.05, 4.69) is 6.92 Å². The number of piperidine rings is 1. The fourth-order valence-electron chi connectivity index (χ4n) is 2.19. The lowest BCUT2D eigenvalue weighted by Gasteiger charge is -2.35. The molecule has 1 aliphatic heterocycles. The third-order valence-electron chi connectivity index (χ3n) is 3.72. The molecule has 98 valence electrons. The number of hydrogen-bond acceptors (Lipinski definition) is 2. The van der Waals surface area contributed by atoms with Crippen LogP contribution >= 0.6 is 0 Å². The Bertz CT molecular complexity index is 461. The van der Waals surface area contributed by atoms with Crippen molar-refractivity contribution in [1.82, 2.24) is 4.90 Å². The highest BCUT2D eigenvalue weighted by atomic mass is 19.1. The summed E-state index contributed by atoms with van der Waals surface area (Å²) in [5.41, 5.74) is 6.92. The Labute approximate surface area is 107 Å². The number of carbonyl (C=O) groups excluding carboxylic acids is 1. The number of nitrogens with zero attached hydrogens (tertiary/aromatic N) is 1. The molecule has 1 aromatic rings. The van der Waals surface area contributed by atoms with E-state index in [-0.39, 0.29) is 17.8 Å². The quantitative estimate of drug-likeness (QED) is 0.828. The van der Waals surface area contributed by atoms with Crippen LogP contribution in [0.4, 0.5) is 4.39 Å². The first-order valence-corrected chi connectivity index (χ1v) is 6.30. The van der Waals surface area contributed by atoms with Gasteiger partial charge in [0.1, 0.15) is 5.82 Å². The van der Waals surface area contributed by atoms with Crippen molar-refractivity contribution in [3.8, 4) is 0 Å². The molecule has 1 heterocycles. The lowest BCUT2D eigenvalue weighted by atomic mass is 9.94. The van der Waals surface area contributed by atoms with Gasteiger partial charge in [-0.05, 0) is 37.0 Å². The van der Waals surface area contributed by atoms with E-state index in [1.54, 1.807) is 24.0 Å². The highest BCUT2D eigenvalue weighted by Crippen LogP contribution is 2.18. The van der Waals surface area contributed by atoms with E-state index in [4.69, 9.17) is 5.73 Å². The van der Waals surface area contributed by atoms with Gasteiger partial charge in [-0.25, -0.2) is 4.39 Å². The van der Waals surface area contributed by atoms with E-state index >= 15 is 0 Å². The minimum absolute atomic E-state index is 0.0120. The van der Waals surface area contributed by atoms with Crippen molar-refractivity contribution in [2.75, 3.05) is 13.1 Å². The van der Waals surface area contributed by atoms with E-state index in [1.807, 2.05) is 0 Å². The zero-order valence-electron chi connectivity index (χ0n) is 10.8. The number of aryl methyl sites for hydroxylation is 1. The Morgan fingerprint density at radius 1 is 1.50 bits per heavy atom. The van der Waals surface area contributed by atoms with Crippen molar-refractivity contribution in [2.24, 2.45) is 11.7 Å². The number of rotatable bonds is 1. The molecule has 4 heteroatoms. The summed E-state index contributed by atoms with van der Waals surface area (Å²) in [5, 5.41) is 0. The Balaban J connectivity index is 2.14. The van der Waals surface area contributed by atoms with Crippen LogP contribution in [0.25, 0.3) is 0 Å². The van der Waals surface area contributed by atoms with Gasteiger partial charge in [-0.2, -0.15) is 0 Å². The van der Waals surface area contributed by atoms with Crippen molar-refractivity contribution >= 4 is 5.91 Å². The van der Waals surface area contributed by atoms with Crippen molar-refractivity contribution < 1.29 is 9.18 Å². The van der Waals surface area contributed by atoms with Crippen LogP contribution in [0.15, 0.2) is 18.2 Å². The number of hydrogen-bond donors (Lipinski definition) is 1. The van der Waals surface area contributed by atoms with E-state index in [0.717, 1.165) is 6.42 Å². The molecule has 2 N–H and O–H groups in total. The molecule has 2 atom stereocenters. The highest BCUT2D eigenvalue weighted by molar-refractivity contribution is 5.94. The van der Waals surface area contributed by atoms with Gasteiger partial charge in [0, 0.05) is 24.7 Å². The van der Waals surface area contributed by atoms with Crippen molar-refractivity contribution in [3.63, 3.8) is 0 Å². The van der Waals surface area contributed by atoms with E-state index in [0.29, 0.717) is 30.1 Å². The number of likely N-dealkylation sites (tertiary alicyclic amines) is 1. The van der Waals surface area contributed by atoms with Crippen LogP contribution < -0.4 is 5.73 Å². The van der Waals surface area contributed by atoms with Crippen LogP contribution in [0.3, 0.4) is 0 Å². The van der Waals surface area contributed by atoms with Gasteiger partial charge in [-0.15, -0.1) is 0 Å². The van der Waals surface area contributed by atoms with Crippen molar-refractivity contribution in [1.29, 1.82) is 0 Å². The first kappa shape index (κ1) is 13.0. The van der Waals surface area contributed by atoms with Gasteiger partial charge in [0.2, 0.25) is 0 Å². The third kappa shape index (κ3) is 2.53. The molecule has 1 aliphatic rings. The molecule has 0 saturated carbocycles. The second-order valence-corrected chi connectivity index (χ2v) is 5.14. The van der Waals surface area contributed by atoms with Crippen LogP contribution in [0.5, 0.6) is 0 Å². The fraction of sp³-hybridized carbons (Fsp3) is 0.500. The average Bonchev–Trinajstić information content (AvgIpc) is 2.35. The molecular weight excluding hydrogens is 231 g/mol. The van der Waals surface area contributed by atoms with Gasteiger partial charge >= 0.3 is 0 Å². The molecule has 2 rings (SSSR count). The van der Waals surface area contributed by atoms with Gasteiger partial charge in [0.15, 0.2) is 0 Å². The second kappa shape index (κ2) is 5.06. The molecular formula is C14H19FN2O. The molecule has 3 nitrogen and oxygen atoms in total. The fourth-order valence-corrected chi connectivity index (χ4v) is 2.19. The van der Waals surface area contributed by atoms with Gasteiger partial charge in [-0.1, -0.05) is 13.0 Å². The Hall–Kier alpha value is -1.42. The molecule has 1 aromatic carbocycles. The Morgan fingerprint density at radius 3 is 2.83 bits per heavy atom. The molecule has 18 heavy (non-hydrogen) atoms. The van der Waals surface area contributed by atoms with Crippen LogP contribution in [0.2, 0.25) is 0 Å². The van der Waals surface area contributed by atoms with Crippen LogP contribution in [-0.4, -0.2) is 29.9 Å². The van der Waals surface area contributed by atoms with E-state index in [1.165, 1.54) is 6.07 Å². The molecule has 0 spiro atoms. The maximum atomic E-state index is 13.5. The maximum Gasteiger partial charge on any atom is 0.254 e. The molecule has 1 amide bonds. The number of nitrogens with two attached hydrogens (primary N) is 1. The SMILES string of the molecule is Cc1ccc(C(=O)N2CCC(C)C(N)C2)cc1F.